The number of carbonyl (C=O) groups excluding carboxylic acids is 1. The normalized spacial score (nSPS) is 22.6. The highest BCUT2D eigenvalue weighted by atomic mass is 19.1. The molecule has 2 unspecified atom stereocenters. The Morgan fingerprint density at radius 2 is 2.08 bits per heavy atom. The van der Waals surface area contributed by atoms with Gasteiger partial charge in [-0.15, -0.1) is 0 Å². The molecule has 7 nitrogen and oxygen atoms in total. The summed E-state index contributed by atoms with van der Waals surface area (Å²) in [4.78, 5) is 21.2. The number of halogens is 2. The van der Waals surface area contributed by atoms with Crippen molar-refractivity contribution in [1.82, 2.24) is 9.88 Å². The second kappa shape index (κ2) is 11.9. The lowest BCUT2D eigenvalue weighted by molar-refractivity contribution is -0.141. The van der Waals surface area contributed by atoms with Gasteiger partial charge in [0.2, 0.25) is 0 Å². The molecule has 2 atom stereocenters. The van der Waals surface area contributed by atoms with Crippen LogP contribution in [0, 0.1) is 5.82 Å². The minimum atomic E-state index is -1.34. The number of likely N-dealkylation sites (tertiary alicyclic amines) is 1. The first-order valence-electron chi connectivity index (χ1n) is 13.8. The number of methoxy groups -OCH3 is 1. The third kappa shape index (κ3) is 6.43. The fourth-order valence-corrected chi connectivity index (χ4v) is 5.87. The monoisotopic (exact) mass is 528 g/mol. The van der Waals surface area contributed by atoms with Gasteiger partial charge in [0.1, 0.15) is 17.3 Å². The molecule has 9 heteroatoms. The number of carbonyl (C=O) groups is 1. The number of hydrogen-bond donors (Lipinski definition) is 1. The predicted octanol–water partition coefficient (Wildman–Crippen LogP) is 4.11. The van der Waals surface area contributed by atoms with Crippen molar-refractivity contribution in [3.63, 3.8) is 0 Å². The van der Waals surface area contributed by atoms with Gasteiger partial charge in [0.15, 0.2) is 0 Å². The van der Waals surface area contributed by atoms with Crippen LogP contribution >= 0.6 is 0 Å². The molecule has 3 aliphatic rings. The molecule has 2 fully saturated rings. The van der Waals surface area contributed by atoms with Crippen molar-refractivity contribution in [2.75, 3.05) is 69.8 Å². The molecule has 0 spiro atoms. The van der Waals surface area contributed by atoms with E-state index in [1.54, 1.807) is 6.07 Å². The number of nitrogens with one attached hydrogen (secondary N) is 1. The fourth-order valence-electron chi connectivity index (χ4n) is 5.87. The zero-order valence-corrected chi connectivity index (χ0v) is 22.2. The molecule has 0 amide bonds. The van der Waals surface area contributed by atoms with E-state index in [0.29, 0.717) is 51.1 Å². The molecule has 0 radical (unpaired) electrons. The van der Waals surface area contributed by atoms with E-state index in [1.807, 2.05) is 17.0 Å². The number of fused-ring (bicyclic) bond motifs is 1. The predicted molar refractivity (Wildman–Crippen MR) is 143 cm³/mol. The average Bonchev–Trinajstić information content (AvgIpc) is 3.32. The second-order valence-corrected chi connectivity index (χ2v) is 10.8. The van der Waals surface area contributed by atoms with Crippen LogP contribution in [0.5, 0.6) is 0 Å². The summed E-state index contributed by atoms with van der Waals surface area (Å²) < 4.78 is 41.4. The maximum atomic E-state index is 15.9. The Hall–Kier alpha value is -2.78. The molecule has 0 saturated carbocycles. The number of benzene rings is 1. The van der Waals surface area contributed by atoms with Crippen LogP contribution in [-0.2, 0) is 27.1 Å². The number of rotatable bonds is 9. The Balaban J connectivity index is 1.25. The summed E-state index contributed by atoms with van der Waals surface area (Å²) in [5.74, 6) is -0.251. The van der Waals surface area contributed by atoms with Crippen molar-refractivity contribution < 1.29 is 23.0 Å². The number of aryl methyl sites for hydroxylation is 2. The van der Waals surface area contributed by atoms with E-state index in [-0.39, 0.29) is 18.8 Å². The van der Waals surface area contributed by atoms with Crippen LogP contribution in [0.3, 0.4) is 0 Å². The Morgan fingerprint density at radius 1 is 1.24 bits per heavy atom. The number of ether oxygens (including phenoxy) is 2. The molecule has 1 N–H and O–H groups in total. The molecular formula is C29H38F2N4O3. The molecule has 206 valence electrons. The molecule has 0 bridgehead atoms. The number of esters is 1. The van der Waals surface area contributed by atoms with Crippen molar-refractivity contribution in [3.05, 3.63) is 53.0 Å². The molecule has 1 aromatic carbocycles. The van der Waals surface area contributed by atoms with E-state index >= 15 is 8.78 Å². The number of morpholine rings is 1. The Morgan fingerprint density at radius 3 is 2.89 bits per heavy atom. The van der Waals surface area contributed by atoms with Crippen LogP contribution in [-0.4, -0.2) is 81.1 Å². The van der Waals surface area contributed by atoms with Gasteiger partial charge in [0.25, 0.3) is 0 Å². The zero-order chi connectivity index (χ0) is 26.5. The van der Waals surface area contributed by atoms with E-state index in [4.69, 9.17) is 14.5 Å². The summed E-state index contributed by atoms with van der Waals surface area (Å²) in [6.45, 7) is 4.87. The topological polar surface area (TPSA) is 66.9 Å². The molecule has 0 aliphatic carbocycles. The van der Waals surface area contributed by atoms with Gasteiger partial charge in [0.05, 0.1) is 26.7 Å². The average molecular weight is 529 g/mol. The number of nitrogens with zero attached hydrogens (tertiary/aromatic N) is 3. The largest absolute Gasteiger partial charge is 0.469 e. The highest BCUT2D eigenvalue weighted by Crippen LogP contribution is 2.35. The molecule has 38 heavy (non-hydrogen) atoms. The van der Waals surface area contributed by atoms with E-state index in [2.05, 4.69) is 16.3 Å². The van der Waals surface area contributed by atoms with Crippen molar-refractivity contribution in [3.8, 4) is 0 Å². The summed E-state index contributed by atoms with van der Waals surface area (Å²) in [5, 5.41) is 3.34. The summed E-state index contributed by atoms with van der Waals surface area (Å²) >= 11 is 0. The third-order valence-corrected chi connectivity index (χ3v) is 8.08. The molecule has 4 heterocycles. The fraction of sp³-hybridized carbons (Fsp3) is 0.586. The van der Waals surface area contributed by atoms with Gasteiger partial charge >= 0.3 is 5.97 Å². The molecular weight excluding hydrogens is 490 g/mol. The quantitative estimate of drug-likeness (QED) is 0.492. The summed E-state index contributed by atoms with van der Waals surface area (Å²) in [6.07, 6.45) is 3.55. The molecule has 3 aliphatic heterocycles. The van der Waals surface area contributed by atoms with Crippen LogP contribution < -0.4 is 10.2 Å². The van der Waals surface area contributed by atoms with Crippen LogP contribution in [0.4, 0.5) is 20.3 Å². The van der Waals surface area contributed by atoms with E-state index in [0.717, 1.165) is 49.7 Å². The molecule has 1 aromatic heterocycles. The van der Waals surface area contributed by atoms with Crippen molar-refractivity contribution >= 4 is 17.5 Å². The highest BCUT2D eigenvalue weighted by Gasteiger charge is 2.39. The van der Waals surface area contributed by atoms with Crippen LogP contribution in [0.25, 0.3) is 0 Å². The molecule has 2 saturated heterocycles. The van der Waals surface area contributed by atoms with Crippen LogP contribution in [0.1, 0.15) is 48.4 Å². The van der Waals surface area contributed by atoms with Crippen molar-refractivity contribution in [2.45, 2.75) is 50.1 Å². The van der Waals surface area contributed by atoms with Gasteiger partial charge in [-0.1, -0.05) is 6.07 Å². The number of anilines is 2. The van der Waals surface area contributed by atoms with E-state index < -0.39 is 17.6 Å². The van der Waals surface area contributed by atoms with Gasteiger partial charge < -0.3 is 19.7 Å². The van der Waals surface area contributed by atoms with Gasteiger partial charge in [-0.25, -0.2) is 13.8 Å². The zero-order valence-electron chi connectivity index (χ0n) is 22.2. The third-order valence-electron chi connectivity index (χ3n) is 8.08. The van der Waals surface area contributed by atoms with Crippen molar-refractivity contribution in [1.29, 1.82) is 0 Å². The standard InChI is InChI=1S/C29H38F2N4O3/c1-37-27(36)17-22(25-18-24(6-7-26(25)30)35-13-15-38-16-14-35)19-34-12-10-29(31,20-34)9-8-23-5-4-21-3-2-11-32-28(21)33-23/h4-7,18,22H,2-3,8-17,19-20H2,1H3,(H,32,33). The summed E-state index contributed by atoms with van der Waals surface area (Å²) in [7, 11) is 1.34. The first-order valence-corrected chi connectivity index (χ1v) is 13.8. The number of hydrogen-bond acceptors (Lipinski definition) is 7. The lowest BCUT2D eigenvalue weighted by Gasteiger charge is -2.30. The second-order valence-electron chi connectivity index (χ2n) is 10.8. The van der Waals surface area contributed by atoms with Crippen LogP contribution in [0.2, 0.25) is 0 Å². The number of aromatic nitrogens is 1. The van der Waals surface area contributed by atoms with Gasteiger partial charge in [-0.05, 0) is 67.5 Å². The minimum absolute atomic E-state index is 0.0435. The molecule has 5 rings (SSSR count). The Labute approximate surface area is 223 Å². The first-order chi connectivity index (χ1) is 18.4. The van der Waals surface area contributed by atoms with Crippen molar-refractivity contribution in [2.24, 2.45) is 0 Å². The highest BCUT2D eigenvalue weighted by molar-refractivity contribution is 5.70. The lowest BCUT2D eigenvalue weighted by Crippen LogP contribution is -2.36. The first kappa shape index (κ1) is 26.8. The Bertz CT molecular complexity index is 1130. The number of alkyl halides is 1. The Kier molecular flexibility index (Phi) is 8.43. The minimum Gasteiger partial charge on any atom is -0.469 e. The number of pyridine rings is 1. The maximum absolute atomic E-state index is 15.9. The van der Waals surface area contributed by atoms with E-state index in [9.17, 15) is 4.79 Å². The summed E-state index contributed by atoms with van der Waals surface area (Å²) in [6, 6.07) is 9.19. The van der Waals surface area contributed by atoms with Gasteiger partial charge in [-0.2, -0.15) is 0 Å². The SMILES string of the molecule is COC(=O)CC(CN1CCC(F)(CCc2ccc3c(n2)NCCC3)C1)c1cc(N2CCOCC2)ccc1F. The smallest absolute Gasteiger partial charge is 0.306 e. The maximum Gasteiger partial charge on any atom is 0.306 e. The lowest BCUT2D eigenvalue weighted by atomic mass is 9.93. The van der Waals surface area contributed by atoms with Crippen LogP contribution in [0.15, 0.2) is 30.3 Å². The van der Waals surface area contributed by atoms with Gasteiger partial charge in [-0.3, -0.25) is 9.69 Å². The van der Waals surface area contributed by atoms with Gasteiger partial charge in [0, 0.05) is 56.6 Å². The van der Waals surface area contributed by atoms with E-state index in [1.165, 1.54) is 18.7 Å². The molecule has 2 aromatic rings. The summed E-state index contributed by atoms with van der Waals surface area (Å²) in [5.41, 5.74) is 2.17.